The molecule has 6 heteroatoms. The predicted molar refractivity (Wildman–Crippen MR) is 77.0 cm³/mol. The Morgan fingerprint density at radius 2 is 1.15 bits per heavy atom. The fourth-order valence-electron chi connectivity index (χ4n) is 1.95. The van der Waals surface area contributed by atoms with Crippen molar-refractivity contribution in [1.82, 2.24) is 9.80 Å². The van der Waals surface area contributed by atoms with Gasteiger partial charge in [0.05, 0.1) is 13.2 Å². The summed E-state index contributed by atoms with van der Waals surface area (Å²) in [6.45, 7) is 8.66. The van der Waals surface area contributed by atoms with Gasteiger partial charge in [0.1, 0.15) is 0 Å². The minimum Gasteiger partial charge on any atom is -0.395 e. The van der Waals surface area contributed by atoms with E-state index >= 15 is 0 Å². The first-order chi connectivity index (χ1) is 9.33. The van der Waals surface area contributed by atoms with Crippen molar-refractivity contribution in [1.29, 1.82) is 0 Å². The third-order valence-electron chi connectivity index (χ3n) is 2.67. The molecule has 0 unspecified atom stereocenters. The van der Waals surface area contributed by atoms with Gasteiger partial charge in [-0.25, -0.2) is 0 Å². The van der Waals surface area contributed by atoms with Gasteiger partial charge in [0.25, 0.3) is 0 Å². The second-order valence-corrected chi connectivity index (χ2v) is 5.74. The summed E-state index contributed by atoms with van der Waals surface area (Å²) in [6.07, 6.45) is 0. The van der Waals surface area contributed by atoms with Gasteiger partial charge in [0, 0.05) is 26.2 Å². The highest BCUT2D eigenvalue weighted by Crippen LogP contribution is 2.06. The van der Waals surface area contributed by atoms with E-state index in [0.717, 1.165) is 0 Å². The van der Waals surface area contributed by atoms with Crippen LogP contribution < -0.4 is 0 Å². The van der Waals surface area contributed by atoms with Crippen LogP contribution in [0.1, 0.15) is 27.7 Å². The van der Waals surface area contributed by atoms with E-state index < -0.39 is 11.8 Å². The molecular formula is C14H28N2O4. The SMILES string of the molecule is CC(C)CN(CC(C)C)C(=O)C(=O)N(CCO)CCO. The first-order valence-electron chi connectivity index (χ1n) is 7.13. The van der Waals surface area contributed by atoms with Gasteiger partial charge in [0.15, 0.2) is 0 Å². The van der Waals surface area contributed by atoms with Crippen molar-refractivity contribution in [3.05, 3.63) is 0 Å². The molecule has 0 saturated carbocycles. The van der Waals surface area contributed by atoms with Gasteiger partial charge in [-0.05, 0) is 11.8 Å². The molecule has 0 saturated heterocycles. The van der Waals surface area contributed by atoms with Gasteiger partial charge < -0.3 is 20.0 Å². The smallest absolute Gasteiger partial charge is 0.312 e. The molecule has 0 fully saturated rings. The summed E-state index contributed by atoms with van der Waals surface area (Å²) in [5, 5.41) is 17.8. The van der Waals surface area contributed by atoms with Crippen molar-refractivity contribution < 1.29 is 19.8 Å². The Morgan fingerprint density at radius 1 is 0.800 bits per heavy atom. The van der Waals surface area contributed by atoms with Crippen LogP contribution in [-0.4, -0.2) is 71.2 Å². The first kappa shape index (κ1) is 18.9. The van der Waals surface area contributed by atoms with Crippen LogP contribution in [0.4, 0.5) is 0 Å². The minimum atomic E-state index is -0.658. The molecule has 0 atom stereocenters. The van der Waals surface area contributed by atoms with E-state index in [9.17, 15) is 9.59 Å². The van der Waals surface area contributed by atoms with Crippen LogP contribution in [-0.2, 0) is 9.59 Å². The van der Waals surface area contributed by atoms with E-state index in [0.29, 0.717) is 13.1 Å². The molecule has 6 nitrogen and oxygen atoms in total. The van der Waals surface area contributed by atoms with Gasteiger partial charge >= 0.3 is 11.8 Å². The van der Waals surface area contributed by atoms with E-state index in [4.69, 9.17) is 10.2 Å². The molecule has 2 amide bonds. The Kier molecular flexibility index (Phi) is 9.16. The normalized spacial score (nSPS) is 11.0. The highest BCUT2D eigenvalue weighted by atomic mass is 16.3. The number of aliphatic hydroxyl groups is 2. The highest BCUT2D eigenvalue weighted by molar-refractivity contribution is 6.34. The van der Waals surface area contributed by atoms with Crippen LogP contribution in [0.25, 0.3) is 0 Å². The van der Waals surface area contributed by atoms with Crippen LogP contribution in [0.3, 0.4) is 0 Å². The first-order valence-corrected chi connectivity index (χ1v) is 7.13. The molecule has 0 radical (unpaired) electrons. The predicted octanol–water partition coefficient (Wildman–Crippen LogP) is -0.0598. The Balaban J connectivity index is 4.86. The number of carbonyl (C=O) groups is 2. The fourth-order valence-corrected chi connectivity index (χ4v) is 1.95. The number of nitrogens with zero attached hydrogens (tertiary/aromatic N) is 2. The monoisotopic (exact) mass is 288 g/mol. The zero-order chi connectivity index (χ0) is 15.7. The summed E-state index contributed by atoms with van der Waals surface area (Å²) < 4.78 is 0. The van der Waals surface area contributed by atoms with Crippen molar-refractivity contribution in [3.63, 3.8) is 0 Å². The topological polar surface area (TPSA) is 81.1 Å². The van der Waals surface area contributed by atoms with Gasteiger partial charge in [-0.3, -0.25) is 9.59 Å². The summed E-state index contributed by atoms with van der Waals surface area (Å²) in [5.74, 6) is -0.673. The molecular weight excluding hydrogens is 260 g/mol. The zero-order valence-electron chi connectivity index (χ0n) is 13.0. The molecule has 0 aliphatic heterocycles. The average Bonchev–Trinajstić information content (AvgIpc) is 2.35. The molecule has 0 rings (SSSR count). The summed E-state index contributed by atoms with van der Waals surface area (Å²) in [6, 6.07) is 0. The Labute approximate surface area is 121 Å². The summed E-state index contributed by atoms with van der Waals surface area (Å²) in [5.41, 5.74) is 0. The second kappa shape index (κ2) is 9.72. The van der Waals surface area contributed by atoms with E-state index in [1.54, 1.807) is 4.90 Å². The van der Waals surface area contributed by atoms with Crippen LogP contribution in [0.2, 0.25) is 0 Å². The maximum absolute atomic E-state index is 12.3. The van der Waals surface area contributed by atoms with Gasteiger partial charge in [-0.1, -0.05) is 27.7 Å². The lowest BCUT2D eigenvalue weighted by atomic mass is 10.1. The molecule has 0 aromatic heterocycles. The molecule has 2 N–H and O–H groups in total. The highest BCUT2D eigenvalue weighted by Gasteiger charge is 2.27. The fraction of sp³-hybridized carbons (Fsp3) is 0.857. The molecule has 0 aromatic carbocycles. The summed E-state index contributed by atoms with van der Waals surface area (Å²) in [7, 11) is 0. The number of hydrogen-bond acceptors (Lipinski definition) is 4. The van der Waals surface area contributed by atoms with Crippen LogP contribution in [0.15, 0.2) is 0 Å². The third kappa shape index (κ3) is 6.86. The lowest BCUT2D eigenvalue weighted by Crippen LogP contribution is -2.49. The maximum Gasteiger partial charge on any atom is 0.312 e. The van der Waals surface area contributed by atoms with Crippen molar-refractivity contribution in [2.24, 2.45) is 11.8 Å². The number of amides is 2. The number of hydrogen-bond donors (Lipinski definition) is 2. The van der Waals surface area contributed by atoms with Crippen LogP contribution in [0, 0.1) is 11.8 Å². The largest absolute Gasteiger partial charge is 0.395 e. The average molecular weight is 288 g/mol. The number of rotatable bonds is 8. The quantitative estimate of drug-likeness (QED) is 0.613. The van der Waals surface area contributed by atoms with Gasteiger partial charge in [0.2, 0.25) is 0 Å². The number of carbonyl (C=O) groups excluding carboxylic acids is 2. The van der Waals surface area contributed by atoms with Gasteiger partial charge in [-0.15, -0.1) is 0 Å². The van der Waals surface area contributed by atoms with E-state index in [1.165, 1.54) is 4.90 Å². The summed E-state index contributed by atoms with van der Waals surface area (Å²) >= 11 is 0. The molecule has 20 heavy (non-hydrogen) atoms. The maximum atomic E-state index is 12.3. The Bertz CT molecular complexity index is 290. The van der Waals surface area contributed by atoms with Crippen LogP contribution >= 0.6 is 0 Å². The standard InChI is InChI=1S/C14H28N2O4/c1-11(2)9-16(10-12(3)4)14(20)13(19)15(5-7-17)6-8-18/h11-12,17-18H,5-10H2,1-4H3. The van der Waals surface area contributed by atoms with Gasteiger partial charge in [-0.2, -0.15) is 0 Å². The van der Waals surface area contributed by atoms with E-state index in [1.807, 2.05) is 27.7 Å². The van der Waals surface area contributed by atoms with Crippen molar-refractivity contribution >= 4 is 11.8 Å². The zero-order valence-corrected chi connectivity index (χ0v) is 13.0. The lowest BCUT2D eigenvalue weighted by molar-refractivity contribution is -0.153. The summed E-state index contributed by atoms with van der Waals surface area (Å²) in [4.78, 5) is 27.2. The Hall–Kier alpha value is -1.14. The molecule has 0 spiro atoms. The van der Waals surface area contributed by atoms with E-state index in [2.05, 4.69) is 0 Å². The van der Waals surface area contributed by atoms with Crippen LogP contribution in [0.5, 0.6) is 0 Å². The minimum absolute atomic E-state index is 0.0579. The van der Waals surface area contributed by atoms with E-state index in [-0.39, 0.29) is 38.1 Å². The Morgan fingerprint density at radius 3 is 1.45 bits per heavy atom. The molecule has 0 aliphatic rings. The lowest BCUT2D eigenvalue weighted by Gasteiger charge is -2.28. The molecule has 0 heterocycles. The molecule has 0 aliphatic carbocycles. The molecule has 0 aromatic rings. The molecule has 0 bridgehead atoms. The number of aliphatic hydroxyl groups excluding tert-OH is 2. The van der Waals surface area contributed by atoms with Crippen molar-refractivity contribution in [2.75, 3.05) is 39.4 Å². The second-order valence-electron chi connectivity index (χ2n) is 5.74. The van der Waals surface area contributed by atoms with Crippen molar-refractivity contribution in [3.8, 4) is 0 Å². The molecule has 118 valence electrons. The third-order valence-corrected chi connectivity index (χ3v) is 2.67. The van der Waals surface area contributed by atoms with Crippen molar-refractivity contribution in [2.45, 2.75) is 27.7 Å².